The molecule has 0 unspecified atom stereocenters. The summed E-state index contributed by atoms with van der Waals surface area (Å²) in [6, 6.07) is 35.2. The highest BCUT2D eigenvalue weighted by Gasteiger charge is 2.61. The summed E-state index contributed by atoms with van der Waals surface area (Å²) in [7, 11) is 0. The molecule has 0 saturated carbocycles. The molecular formula is C31H26N2O. The van der Waals surface area contributed by atoms with E-state index >= 15 is 0 Å². The quantitative estimate of drug-likeness (QED) is 0.363. The second-order valence-corrected chi connectivity index (χ2v) is 9.43. The lowest BCUT2D eigenvalue weighted by molar-refractivity contribution is 0.0899. The van der Waals surface area contributed by atoms with E-state index in [-0.39, 0.29) is 11.7 Å². The standard InChI is InChI=1S/C31H26N2O/c1-21-12-16-23(17-13-21)28-29(24-8-4-3-5-9-24)32-33(26-18-14-22(2)15-19-26)31(28)20-25-10-6-7-11-27(25)30(31)34/h3-19,28H,20H2,1-2H3/t28-,31-/m0/s1. The number of fused-ring (bicyclic) bond motifs is 1. The first-order chi connectivity index (χ1) is 16.6. The number of hydrazone groups is 1. The van der Waals surface area contributed by atoms with Crippen molar-refractivity contribution in [2.45, 2.75) is 31.7 Å². The Bertz CT molecular complexity index is 1400. The monoisotopic (exact) mass is 442 g/mol. The van der Waals surface area contributed by atoms with Gasteiger partial charge in [-0.15, -0.1) is 0 Å². The number of rotatable bonds is 3. The van der Waals surface area contributed by atoms with Gasteiger partial charge < -0.3 is 0 Å². The number of aryl methyl sites for hydroxylation is 2. The van der Waals surface area contributed by atoms with E-state index in [4.69, 9.17) is 5.10 Å². The Morgan fingerprint density at radius 2 is 1.38 bits per heavy atom. The van der Waals surface area contributed by atoms with Gasteiger partial charge in [0.25, 0.3) is 0 Å². The Labute approximate surface area is 200 Å². The fourth-order valence-corrected chi connectivity index (χ4v) is 5.51. The SMILES string of the molecule is Cc1ccc([C@H]2C(c3ccccc3)=NN(c3ccc(C)cc3)[C@@]23Cc2ccccc2C3=O)cc1. The van der Waals surface area contributed by atoms with E-state index < -0.39 is 5.54 Å². The third-order valence-corrected chi connectivity index (χ3v) is 7.21. The summed E-state index contributed by atoms with van der Waals surface area (Å²) >= 11 is 0. The predicted molar refractivity (Wildman–Crippen MR) is 138 cm³/mol. The van der Waals surface area contributed by atoms with E-state index in [1.807, 2.05) is 41.4 Å². The van der Waals surface area contributed by atoms with E-state index in [0.717, 1.165) is 33.7 Å². The van der Waals surface area contributed by atoms with Crippen LogP contribution in [0.2, 0.25) is 0 Å². The van der Waals surface area contributed by atoms with Gasteiger partial charge in [-0.1, -0.05) is 102 Å². The summed E-state index contributed by atoms with van der Waals surface area (Å²) in [4.78, 5) is 14.4. The van der Waals surface area contributed by atoms with Gasteiger partial charge in [0.1, 0.15) is 5.54 Å². The van der Waals surface area contributed by atoms with Crippen LogP contribution < -0.4 is 5.01 Å². The molecule has 2 aliphatic rings. The van der Waals surface area contributed by atoms with Crippen molar-refractivity contribution in [1.29, 1.82) is 0 Å². The van der Waals surface area contributed by atoms with Crippen molar-refractivity contribution in [3.05, 3.63) is 137 Å². The molecule has 0 aromatic heterocycles. The van der Waals surface area contributed by atoms with Crippen molar-refractivity contribution in [3.63, 3.8) is 0 Å². The first kappa shape index (κ1) is 20.6. The lowest BCUT2D eigenvalue weighted by Crippen LogP contribution is -2.53. The van der Waals surface area contributed by atoms with Crippen LogP contribution in [0.15, 0.2) is 108 Å². The number of hydrogen-bond donors (Lipinski definition) is 0. The van der Waals surface area contributed by atoms with Crippen LogP contribution >= 0.6 is 0 Å². The highest BCUT2D eigenvalue weighted by molar-refractivity contribution is 6.19. The molecule has 3 heteroatoms. The number of hydrogen-bond acceptors (Lipinski definition) is 3. The molecule has 34 heavy (non-hydrogen) atoms. The van der Waals surface area contributed by atoms with Gasteiger partial charge in [0, 0.05) is 12.0 Å². The van der Waals surface area contributed by atoms with Gasteiger partial charge in [-0.3, -0.25) is 4.79 Å². The van der Waals surface area contributed by atoms with Gasteiger partial charge in [-0.2, -0.15) is 5.10 Å². The van der Waals surface area contributed by atoms with E-state index in [0.29, 0.717) is 6.42 Å². The van der Waals surface area contributed by atoms with Gasteiger partial charge in [-0.25, -0.2) is 5.01 Å². The first-order valence-corrected chi connectivity index (χ1v) is 11.8. The molecule has 6 rings (SSSR count). The number of carbonyl (C=O) groups is 1. The van der Waals surface area contributed by atoms with Crippen LogP contribution in [0.1, 0.15) is 44.1 Å². The third-order valence-electron chi connectivity index (χ3n) is 7.21. The number of nitrogens with zero attached hydrogens (tertiary/aromatic N) is 2. The zero-order valence-electron chi connectivity index (χ0n) is 19.4. The van der Waals surface area contributed by atoms with Crippen molar-refractivity contribution in [3.8, 4) is 0 Å². The molecule has 0 amide bonds. The van der Waals surface area contributed by atoms with E-state index in [2.05, 4.69) is 80.6 Å². The first-order valence-electron chi connectivity index (χ1n) is 11.8. The van der Waals surface area contributed by atoms with Crippen LogP contribution in [0.25, 0.3) is 0 Å². The van der Waals surface area contributed by atoms with Gasteiger partial charge in [0.05, 0.1) is 17.3 Å². The molecule has 0 bridgehead atoms. The Morgan fingerprint density at radius 1 is 0.765 bits per heavy atom. The molecule has 1 aliphatic carbocycles. The van der Waals surface area contributed by atoms with Crippen molar-refractivity contribution >= 4 is 17.2 Å². The van der Waals surface area contributed by atoms with Gasteiger partial charge in [0.2, 0.25) is 0 Å². The minimum atomic E-state index is -0.848. The van der Waals surface area contributed by atoms with Crippen molar-refractivity contribution in [1.82, 2.24) is 0 Å². The Hall–Kier alpha value is -3.98. The summed E-state index contributed by atoms with van der Waals surface area (Å²) in [5.74, 6) is -0.0550. The van der Waals surface area contributed by atoms with E-state index in [1.54, 1.807) is 0 Å². The maximum absolute atomic E-state index is 14.4. The van der Waals surface area contributed by atoms with Crippen LogP contribution in [-0.2, 0) is 6.42 Å². The molecule has 0 fully saturated rings. The molecule has 4 aromatic rings. The lowest BCUT2D eigenvalue weighted by Gasteiger charge is -2.37. The molecule has 0 N–H and O–H groups in total. The lowest BCUT2D eigenvalue weighted by atomic mass is 9.72. The van der Waals surface area contributed by atoms with Crippen LogP contribution in [-0.4, -0.2) is 17.0 Å². The third kappa shape index (κ3) is 3.04. The molecular weight excluding hydrogens is 416 g/mol. The topological polar surface area (TPSA) is 32.7 Å². The van der Waals surface area contributed by atoms with E-state index in [9.17, 15) is 4.79 Å². The van der Waals surface area contributed by atoms with Crippen LogP contribution in [0.4, 0.5) is 5.69 Å². The normalized spacial score (nSPS) is 21.1. The summed E-state index contributed by atoms with van der Waals surface area (Å²) in [6.07, 6.45) is 0.619. The summed E-state index contributed by atoms with van der Waals surface area (Å²) < 4.78 is 0. The number of carbonyl (C=O) groups excluding carboxylic acids is 1. The average molecular weight is 443 g/mol. The van der Waals surface area contributed by atoms with Gasteiger partial charge in [0.15, 0.2) is 5.78 Å². The van der Waals surface area contributed by atoms with Crippen LogP contribution in [0.3, 0.4) is 0 Å². The number of ketones is 1. The van der Waals surface area contributed by atoms with E-state index in [1.165, 1.54) is 11.1 Å². The molecule has 1 aliphatic heterocycles. The zero-order valence-corrected chi connectivity index (χ0v) is 19.4. The average Bonchev–Trinajstić information content (AvgIpc) is 3.36. The Kier molecular flexibility index (Phi) is 4.73. The Morgan fingerprint density at radius 3 is 2.06 bits per heavy atom. The summed E-state index contributed by atoms with van der Waals surface area (Å²) in [5.41, 5.74) is 7.47. The highest BCUT2D eigenvalue weighted by atomic mass is 16.1. The predicted octanol–water partition coefficient (Wildman–Crippen LogP) is 6.49. The summed E-state index contributed by atoms with van der Waals surface area (Å²) in [6.45, 7) is 4.17. The Balaban J connectivity index is 1.63. The largest absolute Gasteiger partial charge is 0.291 e. The second-order valence-electron chi connectivity index (χ2n) is 9.43. The van der Waals surface area contributed by atoms with Crippen molar-refractivity contribution in [2.75, 3.05) is 5.01 Å². The number of Topliss-reactive ketones (excluding diaryl/α,β-unsaturated/α-hetero) is 1. The van der Waals surface area contributed by atoms with Crippen molar-refractivity contribution < 1.29 is 4.79 Å². The molecule has 1 spiro atoms. The van der Waals surface area contributed by atoms with Crippen LogP contribution in [0, 0.1) is 13.8 Å². The fourth-order valence-electron chi connectivity index (χ4n) is 5.51. The van der Waals surface area contributed by atoms with Gasteiger partial charge >= 0.3 is 0 Å². The molecule has 166 valence electrons. The molecule has 1 heterocycles. The number of anilines is 1. The maximum atomic E-state index is 14.4. The van der Waals surface area contributed by atoms with Gasteiger partial charge in [-0.05, 0) is 42.7 Å². The zero-order chi connectivity index (χ0) is 23.3. The molecule has 0 radical (unpaired) electrons. The summed E-state index contributed by atoms with van der Waals surface area (Å²) in [5, 5.41) is 7.25. The fraction of sp³-hybridized carbons (Fsp3) is 0.161. The van der Waals surface area contributed by atoms with Crippen molar-refractivity contribution in [2.24, 2.45) is 5.10 Å². The molecule has 4 aromatic carbocycles. The molecule has 0 saturated heterocycles. The smallest absolute Gasteiger partial charge is 0.192 e. The maximum Gasteiger partial charge on any atom is 0.192 e. The number of benzene rings is 4. The minimum absolute atomic E-state index is 0.143. The van der Waals surface area contributed by atoms with Crippen LogP contribution in [0.5, 0.6) is 0 Å². The second kappa shape index (κ2) is 7.81. The minimum Gasteiger partial charge on any atom is -0.291 e. The molecule has 3 nitrogen and oxygen atoms in total. The highest BCUT2D eigenvalue weighted by Crippen LogP contribution is 2.51. The molecule has 2 atom stereocenters.